The van der Waals surface area contributed by atoms with Crippen LogP contribution in [0.2, 0.25) is 0 Å². The SMILES string of the molecule is CCC(N)COCCCCCCCCCCO. The van der Waals surface area contributed by atoms with Crippen molar-refractivity contribution in [2.75, 3.05) is 19.8 Å². The Balaban J connectivity index is 2.94. The van der Waals surface area contributed by atoms with Gasteiger partial charge in [0.05, 0.1) is 6.61 Å². The smallest absolute Gasteiger partial charge is 0.0617 e. The molecule has 1 atom stereocenters. The fraction of sp³-hybridized carbons (Fsp3) is 1.00. The lowest BCUT2D eigenvalue weighted by Gasteiger charge is -2.09. The molecule has 0 rings (SSSR count). The summed E-state index contributed by atoms with van der Waals surface area (Å²) in [5, 5.41) is 8.62. The van der Waals surface area contributed by atoms with Gasteiger partial charge in [0.1, 0.15) is 0 Å². The van der Waals surface area contributed by atoms with Crippen LogP contribution in [0.5, 0.6) is 0 Å². The van der Waals surface area contributed by atoms with E-state index in [1.165, 1.54) is 38.5 Å². The van der Waals surface area contributed by atoms with E-state index < -0.39 is 0 Å². The molecule has 3 nitrogen and oxygen atoms in total. The summed E-state index contributed by atoms with van der Waals surface area (Å²) >= 11 is 0. The van der Waals surface area contributed by atoms with Crippen molar-refractivity contribution >= 4 is 0 Å². The summed E-state index contributed by atoms with van der Waals surface area (Å²) in [7, 11) is 0. The fourth-order valence-electron chi connectivity index (χ4n) is 1.73. The lowest BCUT2D eigenvalue weighted by atomic mass is 10.1. The third kappa shape index (κ3) is 13.8. The molecule has 0 spiro atoms. The van der Waals surface area contributed by atoms with Crippen molar-refractivity contribution in [2.24, 2.45) is 5.73 Å². The normalized spacial score (nSPS) is 12.9. The summed E-state index contributed by atoms with van der Waals surface area (Å²) in [4.78, 5) is 0. The molecule has 17 heavy (non-hydrogen) atoms. The minimum absolute atomic E-state index is 0.210. The molecule has 0 saturated carbocycles. The molecule has 0 aromatic carbocycles. The van der Waals surface area contributed by atoms with Gasteiger partial charge in [0.2, 0.25) is 0 Å². The van der Waals surface area contributed by atoms with Crippen LogP contribution in [0.25, 0.3) is 0 Å². The second-order valence-electron chi connectivity index (χ2n) is 4.80. The van der Waals surface area contributed by atoms with Crippen molar-refractivity contribution < 1.29 is 9.84 Å². The summed E-state index contributed by atoms with van der Waals surface area (Å²) in [6.07, 6.45) is 10.8. The van der Waals surface area contributed by atoms with E-state index in [0.29, 0.717) is 13.2 Å². The number of ether oxygens (including phenoxy) is 1. The molecule has 0 aliphatic carbocycles. The van der Waals surface area contributed by atoms with E-state index in [-0.39, 0.29) is 6.04 Å². The lowest BCUT2D eigenvalue weighted by Crippen LogP contribution is -2.25. The molecule has 1 unspecified atom stereocenters. The molecule has 0 amide bonds. The van der Waals surface area contributed by atoms with Gasteiger partial charge in [0.15, 0.2) is 0 Å². The molecule has 0 aliphatic heterocycles. The average molecular weight is 245 g/mol. The van der Waals surface area contributed by atoms with Crippen molar-refractivity contribution in [1.29, 1.82) is 0 Å². The maximum atomic E-state index is 8.62. The number of hydrogen-bond donors (Lipinski definition) is 2. The number of nitrogens with two attached hydrogens (primary N) is 1. The van der Waals surface area contributed by atoms with Gasteiger partial charge in [-0.3, -0.25) is 0 Å². The highest BCUT2D eigenvalue weighted by atomic mass is 16.5. The topological polar surface area (TPSA) is 55.5 Å². The second-order valence-corrected chi connectivity index (χ2v) is 4.80. The van der Waals surface area contributed by atoms with Gasteiger partial charge in [-0.25, -0.2) is 0 Å². The monoisotopic (exact) mass is 245 g/mol. The Kier molecular flexibility index (Phi) is 13.8. The van der Waals surface area contributed by atoms with Gasteiger partial charge in [-0.05, 0) is 19.3 Å². The first-order valence-electron chi connectivity index (χ1n) is 7.25. The molecular formula is C14H31NO2. The van der Waals surface area contributed by atoms with Crippen molar-refractivity contribution in [3.05, 3.63) is 0 Å². The molecule has 104 valence electrons. The van der Waals surface area contributed by atoms with E-state index in [0.717, 1.165) is 25.9 Å². The minimum Gasteiger partial charge on any atom is -0.396 e. The van der Waals surface area contributed by atoms with E-state index in [2.05, 4.69) is 6.92 Å². The summed E-state index contributed by atoms with van der Waals surface area (Å²) in [6, 6.07) is 0.210. The molecule has 0 aromatic rings. The highest BCUT2D eigenvalue weighted by Gasteiger charge is 1.98. The van der Waals surface area contributed by atoms with Crippen molar-refractivity contribution in [1.82, 2.24) is 0 Å². The van der Waals surface area contributed by atoms with Crippen LogP contribution in [-0.4, -0.2) is 31.0 Å². The van der Waals surface area contributed by atoms with Gasteiger partial charge in [0, 0.05) is 19.3 Å². The van der Waals surface area contributed by atoms with Crippen LogP contribution < -0.4 is 5.73 Å². The van der Waals surface area contributed by atoms with Crippen molar-refractivity contribution in [3.63, 3.8) is 0 Å². The number of aliphatic hydroxyl groups is 1. The maximum absolute atomic E-state index is 8.62. The van der Waals surface area contributed by atoms with E-state index in [1.807, 2.05) is 0 Å². The van der Waals surface area contributed by atoms with Crippen LogP contribution in [0, 0.1) is 0 Å². The van der Waals surface area contributed by atoms with Gasteiger partial charge in [-0.1, -0.05) is 45.4 Å². The zero-order valence-corrected chi connectivity index (χ0v) is 11.5. The summed E-state index contributed by atoms with van der Waals surface area (Å²) in [5.41, 5.74) is 5.75. The molecule has 0 aromatic heterocycles. The van der Waals surface area contributed by atoms with Gasteiger partial charge >= 0.3 is 0 Å². The molecule has 0 aliphatic rings. The Bertz CT molecular complexity index is 142. The maximum Gasteiger partial charge on any atom is 0.0617 e. The third-order valence-corrected chi connectivity index (χ3v) is 3.05. The highest BCUT2D eigenvalue weighted by molar-refractivity contribution is 4.55. The van der Waals surface area contributed by atoms with Gasteiger partial charge < -0.3 is 15.6 Å². The first-order chi connectivity index (χ1) is 8.31. The Hall–Kier alpha value is -0.120. The van der Waals surface area contributed by atoms with Crippen molar-refractivity contribution in [3.8, 4) is 0 Å². The highest BCUT2D eigenvalue weighted by Crippen LogP contribution is 2.08. The van der Waals surface area contributed by atoms with Gasteiger partial charge in [-0.2, -0.15) is 0 Å². The molecule has 0 saturated heterocycles. The van der Waals surface area contributed by atoms with Crippen LogP contribution in [0.15, 0.2) is 0 Å². The Morgan fingerprint density at radius 3 is 2.00 bits per heavy atom. The molecule has 0 fully saturated rings. The quantitative estimate of drug-likeness (QED) is 0.491. The minimum atomic E-state index is 0.210. The zero-order chi connectivity index (χ0) is 12.8. The standard InChI is InChI=1S/C14H31NO2/c1-2-14(15)13-17-12-10-8-6-4-3-5-7-9-11-16/h14,16H,2-13,15H2,1H3. The number of hydrogen-bond acceptors (Lipinski definition) is 3. The van der Waals surface area contributed by atoms with E-state index in [1.54, 1.807) is 0 Å². The first kappa shape index (κ1) is 16.9. The van der Waals surface area contributed by atoms with Gasteiger partial charge in [-0.15, -0.1) is 0 Å². The number of unbranched alkanes of at least 4 members (excludes halogenated alkanes) is 7. The second kappa shape index (κ2) is 13.9. The molecule has 3 N–H and O–H groups in total. The van der Waals surface area contributed by atoms with E-state index in [4.69, 9.17) is 15.6 Å². The Morgan fingerprint density at radius 1 is 0.941 bits per heavy atom. The van der Waals surface area contributed by atoms with Crippen LogP contribution >= 0.6 is 0 Å². The van der Waals surface area contributed by atoms with Crippen LogP contribution in [0.1, 0.15) is 64.7 Å². The Labute approximate surface area is 107 Å². The van der Waals surface area contributed by atoms with Crippen molar-refractivity contribution in [2.45, 2.75) is 70.8 Å². The summed E-state index contributed by atoms with van der Waals surface area (Å²) in [6.45, 7) is 4.00. The fourth-order valence-corrected chi connectivity index (χ4v) is 1.73. The predicted molar refractivity (Wildman–Crippen MR) is 73.1 cm³/mol. The van der Waals surface area contributed by atoms with E-state index >= 15 is 0 Å². The summed E-state index contributed by atoms with van der Waals surface area (Å²) in [5.74, 6) is 0. The van der Waals surface area contributed by atoms with E-state index in [9.17, 15) is 0 Å². The summed E-state index contributed by atoms with van der Waals surface area (Å²) < 4.78 is 5.49. The molecule has 3 heteroatoms. The number of rotatable bonds is 13. The molecular weight excluding hydrogens is 214 g/mol. The average Bonchev–Trinajstić information content (AvgIpc) is 2.35. The lowest BCUT2D eigenvalue weighted by molar-refractivity contribution is 0.116. The van der Waals surface area contributed by atoms with Crippen LogP contribution in [0.3, 0.4) is 0 Å². The number of aliphatic hydroxyl groups excluding tert-OH is 1. The molecule has 0 heterocycles. The van der Waals surface area contributed by atoms with Crippen LogP contribution in [0.4, 0.5) is 0 Å². The molecule has 0 radical (unpaired) electrons. The third-order valence-electron chi connectivity index (χ3n) is 3.05. The molecule has 0 bridgehead atoms. The van der Waals surface area contributed by atoms with Gasteiger partial charge in [0.25, 0.3) is 0 Å². The predicted octanol–water partition coefficient (Wildman–Crippen LogP) is 2.85. The largest absolute Gasteiger partial charge is 0.396 e. The van der Waals surface area contributed by atoms with Crippen LogP contribution in [-0.2, 0) is 4.74 Å². The first-order valence-corrected chi connectivity index (χ1v) is 7.25. The zero-order valence-electron chi connectivity index (χ0n) is 11.5. The Morgan fingerprint density at radius 2 is 1.47 bits per heavy atom.